The Labute approximate surface area is 157 Å². The molecule has 2 atom stereocenters. The first kappa shape index (κ1) is 16.4. The minimum atomic E-state index is -0.0121. The molecule has 138 valence electrons. The van der Waals surface area contributed by atoms with Gasteiger partial charge in [0.25, 0.3) is 0 Å². The van der Waals surface area contributed by atoms with Crippen molar-refractivity contribution in [2.24, 2.45) is 11.3 Å². The van der Waals surface area contributed by atoms with E-state index in [1.807, 2.05) is 16.0 Å². The number of likely N-dealkylation sites (tertiary alicyclic amines) is 1. The van der Waals surface area contributed by atoms with Crippen molar-refractivity contribution in [3.8, 4) is 0 Å². The molecule has 5 rings (SSSR count). The van der Waals surface area contributed by atoms with Crippen LogP contribution in [0.5, 0.6) is 0 Å². The van der Waals surface area contributed by atoms with E-state index in [1.54, 1.807) is 6.33 Å². The lowest BCUT2D eigenvalue weighted by Gasteiger charge is -2.41. The second-order valence-corrected chi connectivity index (χ2v) is 9.52. The third-order valence-corrected chi connectivity index (χ3v) is 7.20. The van der Waals surface area contributed by atoms with Crippen LogP contribution in [0.2, 0.25) is 0 Å². The van der Waals surface area contributed by atoms with E-state index in [0.29, 0.717) is 0 Å². The maximum Gasteiger partial charge on any atom is 0.223 e. The highest BCUT2D eigenvalue weighted by Crippen LogP contribution is 2.48. The Morgan fingerprint density at radius 3 is 2.96 bits per heavy atom. The topological polar surface area (TPSA) is 63.1 Å². The highest BCUT2D eigenvalue weighted by molar-refractivity contribution is 7.11. The van der Waals surface area contributed by atoms with Crippen molar-refractivity contribution in [2.75, 3.05) is 13.1 Å². The van der Waals surface area contributed by atoms with Gasteiger partial charge in [-0.2, -0.15) is 5.10 Å². The summed E-state index contributed by atoms with van der Waals surface area (Å²) in [6.07, 6.45) is 5.86. The molecule has 0 bridgehead atoms. The molecule has 2 aliphatic heterocycles. The lowest BCUT2D eigenvalue weighted by molar-refractivity contribution is -0.124. The Morgan fingerprint density at radius 2 is 2.19 bits per heavy atom. The summed E-state index contributed by atoms with van der Waals surface area (Å²) in [4.78, 5) is 22.4. The predicted octanol–water partition coefficient (Wildman–Crippen LogP) is 2.51. The van der Waals surface area contributed by atoms with Gasteiger partial charge in [-0.3, -0.25) is 9.69 Å². The van der Waals surface area contributed by atoms with Gasteiger partial charge in [-0.05, 0) is 51.3 Å². The molecule has 2 fully saturated rings. The van der Waals surface area contributed by atoms with E-state index >= 15 is 0 Å². The van der Waals surface area contributed by atoms with Gasteiger partial charge in [0.15, 0.2) is 0 Å². The molecule has 1 saturated carbocycles. The number of amides is 1. The number of fused-ring (bicyclic) bond motifs is 1. The lowest BCUT2D eigenvalue weighted by atomic mass is 9.74. The molecule has 3 aliphatic rings. The number of aryl methyl sites for hydroxylation is 2. The molecule has 0 unspecified atom stereocenters. The molecule has 1 saturated heterocycles. The Bertz CT molecular complexity index is 826. The number of hydrogen-bond acceptors (Lipinski definition) is 5. The highest BCUT2D eigenvalue weighted by atomic mass is 32.1. The molecule has 1 spiro atoms. The van der Waals surface area contributed by atoms with E-state index in [-0.39, 0.29) is 23.3 Å². The van der Waals surface area contributed by atoms with Crippen LogP contribution in [-0.4, -0.2) is 38.7 Å². The van der Waals surface area contributed by atoms with Gasteiger partial charge in [0.05, 0.1) is 6.04 Å². The third kappa shape index (κ3) is 2.87. The molecule has 6 nitrogen and oxygen atoms in total. The minimum Gasteiger partial charge on any atom is -0.345 e. The van der Waals surface area contributed by atoms with Crippen LogP contribution in [0.1, 0.15) is 47.3 Å². The van der Waals surface area contributed by atoms with Crippen LogP contribution in [-0.2, 0) is 17.9 Å². The van der Waals surface area contributed by atoms with Gasteiger partial charge >= 0.3 is 0 Å². The number of nitrogens with zero attached hydrogens (tertiary/aromatic N) is 4. The molecule has 26 heavy (non-hydrogen) atoms. The number of thiophene rings is 1. The summed E-state index contributed by atoms with van der Waals surface area (Å²) in [6.45, 7) is 6.18. The van der Waals surface area contributed by atoms with Crippen LogP contribution in [0.25, 0.3) is 0 Å². The average molecular weight is 372 g/mol. The van der Waals surface area contributed by atoms with Crippen molar-refractivity contribution in [1.29, 1.82) is 0 Å². The Kier molecular flexibility index (Phi) is 3.90. The third-order valence-electron chi connectivity index (χ3n) is 6.21. The molecule has 2 aromatic rings. The van der Waals surface area contributed by atoms with E-state index in [2.05, 4.69) is 39.4 Å². The summed E-state index contributed by atoms with van der Waals surface area (Å²) in [5.41, 5.74) is 0.0832. The summed E-state index contributed by atoms with van der Waals surface area (Å²) in [6, 6.07) is 4.43. The quantitative estimate of drug-likeness (QED) is 0.897. The summed E-state index contributed by atoms with van der Waals surface area (Å²) >= 11 is 1.89. The standard InChI is InChI=1S/C19H25N5OS/c1-13-2-5-15(26-13)10-23-8-6-19(11-23)7-9-24-17(20-12-21-24)16(19)22-18(25)14-3-4-14/h2,5,12,14,16H,3-4,6-11H2,1H3,(H,22,25)/t16-,19+/m0/s1. The number of nitrogens with one attached hydrogen (secondary N) is 1. The first-order chi connectivity index (χ1) is 12.6. The molecule has 0 aromatic carbocycles. The van der Waals surface area contributed by atoms with E-state index in [9.17, 15) is 4.79 Å². The number of rotatable bonds is 4. The van der Waals surface area contributed by atoms with Crippen molar-refractivity contribution in [2.45, 2.75) is 51.7 Å². The normalized spacial score (nSPS) is 28.4. The largest absolute Gasteiger partial charge is 0.345 e. The Morgan fingerprint density at radius 1 is 1.35 bits per heavy atom. The zero-order valence-electron chi connectivity index (χ0n) is 15.1. The highest BCUT2D eigenvalue weighted by Gasteiger charge is 2.50. The SMILES string of the molecule is Cc1ccc(CN2CC[C@@]3(CCn4ncnc4[C@@H]3NC(=O)C3CC3)C2)s1. The van der Waals surface area contributed by atoms with Crippen molar-refractivity contribution in [3.05, 3.63) is 34.0 Å². The van der Waals surface area contributed by atoms with Crippen molar-refractivity contribution < 1.29 is 4.79 Å². The van der Waals surface area contributed by atoms with Gasteiger partial charge in [0.2, 0.25) is 5.91 Å². The maximum absolute atomic E-state index is 12.5. The first-order valence-electron chi connectivity index (χ1n) is 9.59. The molecule has 1 N–H and O–H groups in total. The lowest BCUT2D eigenvalue weighted by Crippen LogP contribution is -2.47. The monoisotopic (exact) mass is 371 g/mol. The summed E-state index contributed by atoms with van der Waals surface area (Å²) in [5, 5.41) is 7.72. The van der Waals surface area contributed by atoms with E-state index < -0.39 is 0 Å². The number of aromatic nitrogens is 3. The fourth-order valence-electron chi connectivity index (χ4n) is 4.59. The molecular weight excluding hydrogens is 346 g/mol. The van der Waals surface area contributed by atoms with Crippen LogP contribution < -0.4 is 5.32 Å². The molecule has 0 radical (unpaired) electrons. The fourth-order valence-corrected chi connectivity index (χ4v) is 5.52. The minimum absolute atomic E-state index is 0.0121. The summed E-state index contributed by atoms with van der Waals surface area (Å²) < 4.78 is 1.98. The van der Waals surface area contributed by atoms with Crippen LogP contribution in [0.4, 0.5) is 0 Å². The fraction of sp³-hybridized carbons (Fsp3) is 0.632. The molecule has 2 aromatic heterocycles. The van der Waals surface area contributed by atoms with E-state index in [4.69, 9.17) is 0 Å². The zero-order chi connectivity index (χ0) is 17.7. The number of carbonyl (C=O) groups is 1. The van der Waals surface area contributed by atoms with Gasteiger partial charge in [-0.1, -0.05) is 0 Å². The van der Waals surface area contributed by atoms with Crippen molar-refractivity contribution in [3.63, 3.8) is 0 Å². The Balaban J connectivity index is 1.38. The molecule has 4 heterocycles. The smallest absolute Gasteiger partial charge is 0.223 e. The Hall–Kier alpha value is -1.73. The van der Waals surface area contributed by atoms with Crippen molar-refractivity contribution >= 4 is 17.2 Å². The van der Waals surface area contributed by atoms with Crippen LogP contribution in [0, 0.1) is 18.3 Å². The first-order valence-corrected chi connectivity index (χ1v) is 10.4. The number of hydrogen-bond donors (Lipinski definition) is 1. The van der Waals surface area contributed by atoms with Crippen LogP contribution in [0.3, 0.4) is 0 Å². The van der Waals surface area contributed by atoms with Gasteiger partial charge < -0.3 is 5.32 Å². The van der Waals surface area contributed by atoms with Gasteiger partial charge in [0, 0.05) is 40.7 Å². The van der Waals surface area contributed by atoms with Crippen LogP contribution in [0.15, 0.2) is 18.5 Å². The average Bonchev–Trinajstić information content (AvgIpc) is 3.03. The van der Waals surface area contributed by atoms with E-state index in [0.717, 1.165) is 57.7 Å². The summed E-state index contributed by atoms with van der Waals surface area (Å²) in [5.74, 6) is 1.37. The molecule has 1 amide bonds. The zero-order valence-corrected chi connectivity index (χ0v) is 16.0. The molecular formula is C19H25N5OS. The van der Waals surface area contributed by atoms with Gasteiger partial charge in [-0.15, -0.1) is 11.3 Å². The maximum atomic E-state index is 12.5. The summed E-state index contributed by atoms with van der Waals surface area (Å²) in [7, 11) is 0. The van der Waals surface area contributed by atoms with E-state index in [1.165, 1.54) is 9.75 Å². The van der Waals surface area contributed by atoms with Gasteiger partial charge in [-0.25, -0.2) is 9.67 Å². The molecule has 7 heteroatoms. The number of carbonyl (C=O) groups excluding carboxylic acids is 1. The second kappa shape index (κ2) is 6.16. The second-order valence-electron chi connectivity index (χ2n) is 8.14. The van der Waals surface area contributed by atoms with Crippen LogP contribution >= 0.6 is 11.3 Å². The molecule has 1 aliphatic carbocycles. The van der Waals surface area contributed by atoms with Gasteiger partial charge in [0.1, 0.15) is 12.2 Å². The predicted molar refractivity (Wildman–Crippen MR) is 99.6 cm³/mol. The van der Waals surface area contributed by atoms with Crippen molar-refractivity contribution in [1.82, 2.24) is 25.0 Å².